The Balaban J connectivity index is 2.14. The van der Waals surface area contributed by atoms with Gasteiger partial charge in [0.05, 0.1) is 4.88 Å². The first-order valence-corrected chi connectivity index (χ1v) is 6.87. The minimum absolute atomic E-state index is 0.113. The van der Waals surface area contributed by atoms with Gasteiger partial charge in [-0.3, -0.25) is 4.79 Å². The predicted octanol–water partition coefficient (Wildman–Crippen LogP) is 2.98. The van der Waals surface area contributed by atoms with Crippen LogP contribution in [0.15, 0.2) is 12.1 Å². The van der Waals surface area contributed by atoms with Gasteiger partial charge in [-0.05, 0) is 37.5 Å². The number of thiophene rings is 1. The number of carbonyl (C=O) groups excluding carboxylic acids is 1. The number of aryl methyl sites for hydroxylation is 1. The lowest BCUT2D eigenvalue weighted by Crippen LogP contribution is -2.47. The molecule has 0 spiro atoms. The SMILES string of the molecule is Cc1cc(C(=O)NC2(C(F)(F)F)CC2)sc1/C=C/C(=O)O. The maximum absolute atomic E-state index is 12.8. The molecule has 0 radical (unpaired) electrons. The summed E-state index contributed by atoms with van der Waals surface area (Å²) in [5.74, 6) is -1.92. The summed E-state index contributed by atoms with van der Waals surface area (Å²) in [6.07, 6.45) is -2.45. The molecule has 1 heterocycles. The molecule has 1 fully saturated rings. The van der Waals surface area contributed by atoms with Crippen molar-refractivity contribution < 1.29 is 27.9 Å². The first kappa shape index (κ1) is 15.6. The lowest BCUT2D eigenvalue weighted by molar-refractivity contribution is -0.163. The Bertz CT molecular complexity index is 615. The summed E-state index contributed by atoms with van der Waals surface area (Å²) in [6.45, 7) is 1.66. The van der Waals surface area contributed by atoms with Crippen molar-refractivity contribution in [2.24, 2.45) is 0 Å². The Morgan fingerprint density at radius 1 is 1.43 bits per heavy atom. The average Bonchev–Trinajstić information content (AvgIpc) is 3.04. The molecule has 1 aliphatic rings. The summed E-state index contributed by atoms with van der Waals surface area (Å²) in [4.78, 5) is 23.0. The molecule has 0 unspecified atom stereocenters. The average molecular weight is 319 g/mol. The van der Waals surface area contributed by atoms with Crippen LogP contribution in [-0.2, 0) is 4.79 Å². The van der Waals surface area contributed by atoms with E-state index in [0.29, 0.717) is 10.4 Å². The van der Waals surface area contributed by atoms with Crippen LogP contribution >= 0.6 is 11.3 Å². The van der Waals surface area contributed by atoms with Crippen LogP contribution in [0.4, 0.5) is 13.2 Å². The van der Waals surface area contributed by atoms with Crippen LogP contribution in [-0.4, -0.2) is 28.7 Å². The van der Waals surface area contributed by atoms with Crippen molar-refractivity contribution in [1.29, 1.82) is 0 Å². The Morgan fingerprint density at radius 2 is 2.05 bits per heavy atom. The van der Waals surface area contributed by atoms with E-state index in [-0.39, 0.29) is 17.7 Å². The fourth-order valence-electron chi connectivity index (χ4n) is 1.80. The van der Waals surface area contributed by atoms with Gasteiger partial charge in [0, 0.05) is 11.0 Å². The molecule has 0 bridgehead atoms. The molecule has 1 saturated carbocycles. The Morgan fingerprint density at radius 3 is 2.52 bits per heavy atom. The molecule has 4 nitrogen and oxygen atoms in total. The fourth-order valence-corrected chi connectivity index (χ4v) is 2.78. The standard InChI is InChI=1S/C13H12F3NO3S/c1-7-6-9(21-8(7)2-3-10(18)19)11(20)17-12(4-5-12)13(14,15)16/h2-3,6H,4-5H2,1H3,(H,17,20)(H,18,19)/b3-2+. The number of alkyl halides is 3. The normalized spacial score (nSPS) is 17.0. The molecule has 1 aromatic rings. The first-order valence-electron chi connectivity index (χ1n) is 6.05. The van der Waals surface area contributed by atoms with Crippen LogP contribution in [0.5, 0.6) is 0 Å². The molecule has 0 aromatic carbocycles. The van der Waals surface area contributed by atoms with Crippen molar-refractivity contribution in [2.45, 2.75) is 31.5 Å². The summed E-state index contributed by atoms with van der Waals surface area (Å²) in [5.41, 5.74) is -1.46. The van der Waals surface area contributed by atoms with Gasteiger partial charge in [-0.25, -0.2) is 4.79 Å². The van der Waals surface area contributed by atoms with E-state index in [1.807, 2.05) is 5.32 Å². The highest BCUT2D eigenvalue weighted by Gasteiger charge is 2.64. The number of rotatable bonds is 4. The summed E-state index contributed by atoms with van der Waals surface area (Å²) < 4.78 is 38.3. The molecule has 1 aromatic heterocycles. The van der Waals surface area contributed by atoms with Crippen molar-refractivity contribution in [1.82, 2.24) is 5.32 Å². The number of amides is 1. The zero-order valence-corrected chi connectivity index (χ0v) is 11.8. The fraction of sp³-hybridized carbons (Fsp3) is 0.385. The molecule has 1 aliphatic carbocycles. The second kappa shape index (κ2) is 5.18. The lowest BCUT2D eigenvalue weighted by Gasteiger charge is -2.20. The Labute approximate surface area is 122 Å². The predicted molar refractivity (Wildman–Crippen MR) is 71.2 cm³/mol. The van der Waals surface area contributed by atoms with E-state index < -0.39 is 23.6 Å². The zero-order chi connectivity index (χ0) is 15.8. The van der Waals surface area contributed by atoms with Crippen LogP contribution in [0.2, 0.25) is 0 Å². The van der Waals surface area contributed by atoms with Crippen LogP contribution in [0.25, 0.3) is 6.08 Å². The Kier molecular flexibility index (Phi) is 3.83. The highest BCUT2D eigenvalue weighted by atomic mass is 32.1. The highest BCUT2D eigenvalue weighted by molar-refractivity contribution is 7.15. The number of halogens is 3. The number of carboxylic acids is 1. The van der Waals surface area contributed by atoms with E-state index in [9.17, 15) is 22.8 Å². The minimum atomic E-state index is -4.46. The van der Waals surface area contributed by atoms with Gasteiger partial charge >= 0.3 is 12.1 Å². The monoisotopic (exact) mass is 319 g/mol. The highest BCUT2D eigenvalue weighted by Crippen LogP contribution is 2.49. The summed E-state index contributed by atoms with van der Waals surface area (Å²) >= 11 is 0.959. The summed E-state index contributed by atoms with van der Waals surface area (Å²) in [5, 5.41) is 10.6. The quantitative estimate of drug-likeness (QED) is 0.839. The molecule has 2 rings (SSSR count). The van der Waals surface area contributed by atoms with Crippen molar-refractivity contribution in [3.05, 3.63) is 27.5 Å². The Hall–Kier alpha value is -1.83. The number of hydrogen-bond donors (Lipinski definition) is 2. The summed E-state index contributed by atoms with van der Waals surface area (Å²) in [6, 6.07) is 1.45. The van der Waals surface area contributed by atoms with E-state index in [4.69, 9.17) is 5.11 Å². The first-order chi connectivity index (χ1) is 9.64. The van der Waals surface area contributed by atoms with Gasteiger partial charge in [-0.2, -0.15) is 13.2 Å². The van der Waals surface area contributed by atoms with Crippen LogP contribution in [0, 0.1) is 6.92 Å². The number of nitrogens with one attached hydrogen (secondary N) is 1. The molecule has 0 saturated heterocycles. The van der Waals surface area contributed by atoms with Gasteiger partial charge in [0.2, 0.25) is 0 Å². The molecule has 0 atom stereocenters. The molecular formula is C13H12F3NO3S. The van der Waals surface area contributed by atoms with Crippen molar-refractivity contribution in [2.75, 3.05) is 0 Å². The molecule has 1 amide bonds. The number of aliphatic carboxylic acids is 1. The molecule has 2 N–H and O–H groups in total. The van der Waals surface area contributed by atoms with Gasteiger partial charge in [-0.1, -0.05) is 0 Å². The third-order valence-electron chi connectivity index (χ3n) is 3.20. The van der Waals surface area contributed by atoms with Gasteiger partial charge in [0.25, 0.3) is 5.91 Å². The van der Waals surface area contributed by atoms with E-state index in [2.05, 4.69) is 0 Å². The third kappa shape index (κ3) is 3.26. The second-order valence-electron chi connectivity index (χ2n) is 4.86. The molecule has 21 heavy (non-hydrogen) atoms. The maximum Gasteiger partial charge on any atom is 0.411 e. The van der Waals surface area contributed by atoms with Crippen LogP contribution < -0.4 is 5.32 Å². The number of carbonyl (C=O) groups is 2. The largest absolute Gasteiger partial charge is 0.478 e. The van der Waals surface area contributed by atoms with Crippen molar-refractivity contribution >= 4 is 29.3 Å². The summed E-state index contributed by atoms with van der Waals surface area (Å²) in [7, 11) is 0. The van der Waals surface area contributed by atoms with Crippen molar-refractivity contribution in [3.8, 4) is 0 Å². The second-order valence-corrected chi connectivity index (χ2v) is 5.95. The number of hydrogen-bond acceptors (Lipinski definition) is 3. The van der Waals surface area contributed by atoms with Gasteiger partial charge in [-0.15, -0.1) is 11.3 Å². The van der Waals surface area contributed by atoms with Crippen LogP contribution in [0.1, 0.15) is 33.0 Å². The maximum atomic E-state index is 12.8. The third-order valence-corrected chi connectivity index (χ3v) is 4.40. The molecular weight excluding hydrogens is 307 g/mol. The smallest absolute Gasteiger partial charge is 0.411 e. The van der Waals surface area contributed by atoms with Gasteiger partial charge in [0.15, 0.2) is 0 Å². The number of carboxylic acid groups (broad SMARTS) is 1. The van der Waals surface area contributed by atoms with Crippen molar-refractivity contribution in [3.63, 3.8) is 0 Å². The van der Waals surface area contributed by atoms with Gasteiger partial charge in [0.1, 0.15) is 5.54 Å². The van der Waals surface area contributed by atoms with E-state index in [1.54, 1.807) is 6.92 Å². The zero-order valence-electron chi connectivity index (χ0n) is 11.0. The minimum Gasteiger partial charge on any atom is -0.478 e. The molecule has 0 aliphatic heterocycles. The van der Waals surface area contributed by atoms with E-state index >= 15 is 0 Å². The molecule has 8 heteroatoms. The topological polar surface area (TPSA) is 66.4 Å². The van der Waals surface area contributed by atoms with Gasteiger partial charge < -0.3 is 10.4 Å². The van der Waals surface area contributed by atoms with Crippen LogP contribution in [0.3, 0.4) is 0 Å². The van der Waals surface area contributed by atoms with E-state index in [1.165, 1.54) is 12.1 Å². The molecule has 114 valence electrons. The lowest BCUT2D eigenvalue weighted by atomic mass is 10.2. The van der Waals surface area contributed by atoms with E-state index in [0.717, 1.165) is 17.4 Å².